The van der Waals surface area contributed by atoms with E-state index in [1.54, 1.807) is 7.05 Å². The molecule has 1 amide bonds. The number of hydrogen-bond acceptors (Lipinski definition) is 3. The van der Waals surface area contributed by atoms with Gasteiger partial charge in [0.2, 0.25) is 5.91 Å². The van der Waals surface area contributed by atoms with Crippen LogP contribution in [0.3, 0.4) is 0 Å². The molecule has 0 bridgehead atoms. The van der Waals surface area contributed by atoms with Crippen molar-refractivity contribution >= 4 is 11.6 Å². The number of para-hydroxylation sites is 1. The highest BCUT2D eigenvalue weighted by molar-refractivity contribution is 5.75. The Balaban J connectivity index is 2.17. The fraction of sp³-hybridized carbons (Fsp3) is 0.417. The minimum absolute atomic E-state index is 0.000718. The zero-order valence-corrected chi connectivity index (χ0v) is 9.53. The van der Waals surface area contributed by atoms with E-state index in [1.807, 2.05) is 24.3 Å². The molecule has 0 aliphatic heterocycles. The van der Waals surface area contributed by atoms with E-state index in [0.29, 0.717) is 19.6 Å². The predicted octanol–water partition coefficient (Wildman–Crippen LogP) is 0.964. The zero-order chi connectivity index (χ0) is 11.8. The van der Waals surface area contributed by atoms with Gasteiger partial charge in [0, 0.05) is 19.2 Å². The molecule has 1 rings (SSSR count). The van der Waals surface area contributed by atoms with E-state index < -0.39 is 0 Å². The van der Waals surface area contributed by atoms with Gasteiger partial charge in [0.15, 0.2) is 0 Å². The van der Waals surface area contributed by atoms with Gasteiger partial charge >= 0.3 is 0 Å². The van der Waals surface area contributed by atoms with Crippen LogP contribution in [0.4, 0.5) is 5.69 Å². The molecule has 1 aromatic carbocycles. The number of carbonyl (C=O) groups is 1. The third-order valence-electron chi connectivity index (χ3n) is 2.32. The second kappa shape index (κ2) is 6.85. The third-order valence-corrected chi connectivity index (χ3v) is 2.32. The minimum atomic E-state index is -0.000718. The van der Waals surface area contributed by atoms with Crippen LogP contribution >= 0.6 is 0 Å². The monoisotopic (exact) mass is 222 g/mol. The van der Waals surface area contributed by atoms with Crippen molar-refractivity contribution in [2.24, 2.45) is 0 Å². The first-order valence-corrected chi connectivity index (χ1v) is 5.35. The van der Waals surface area contributed by atoms with Crippen molar-refractivity contribution in [2.75, 3.05) is 26.0 Å². The number of anilines is 1. The highest BCUT2D eigenvalue weighted by Gasteiger charge is 1.99. The number of nitrogens with two attached hydrogens (primary N) is 1. The van der Waals surface area contributed by atoms with Gasteiger partial charge in [0.1, 0.15) is 0 Å². The van der Waals surface area contributed by atoms with Crippen LogP contribution in [-0.4, -0.2) is 26.2 Å². The summed E-state index contributed by atoms with van der Waals surface area (Å²) in [5.41, 5.74) is 7.66. The predicted molar refractivity (Wildman–Crippen MR) is 64.1 cm³/mol. The van der Waals surface area contributed by atoms with E-state index >= 15 is 0 Å². The molecule has 0 spiro atoms. The molecule has 0 radical (unpaired) electrons. The molecule has 0 saturated heterocycles. The largest absolute Gasteiger partial charge is 0.399 e. The van der Waals surface area contributed by atoms with Gasteiger partial charge in [-0.05, 0) is 18.1 Å². The summed E-state index contributed by atoms with van der Waals surface area (Å²) in [6, 6.07) is 7.72. The lowest BCUT2D eigenvalue weighted by molar-refractivity contribution is -0.121. The fourth-order valence-electron chi connectivity index (χ4n) is 1.34. The molecule has 0 aromatic heterocycles. The number of nitrogens with one attached hydrogen (secondary N) is 1. The Morgan fingerprint density at radius 2 is 2.12 bits per heavy atom. The Morgan fingerprint density at radius 1 is 1.38 bits per heavy atom. The van der Waals surface area contributed by atoms with Crippen molar-refractivity contribution in [2.45, 2.75) is 12.8 Å². The second-order valence-corrected chi connectivity index (χ2v) is 3.48. The Bertz CT molecular complexity index is 340. The second-order valence-electron chi connectivity index (χ2n) is 3.48. The Hall–Kier alpha value is -1.55. The summed E-state index contributed by atoms with van der Waals surface area (Å²) in [5.74, 6) is -0.000718. The van der Waals surface area contributed by atoms with Crippen LogP contribution in [0.2, 0.25) is 0 Å². The summed E-state index contributed by atoms with van der Waals surface area (Å²) in [4.78, 5) is 10.9. The molecule has 0 aliphatic carbocycles. The molecule has 4 nitrogen and oxygen atoms in total. The first kappa shape index (κ1) is 12.5. The lowest BCUT2D eigenvalue weighted by atomic mass is 10.1. The van der Waals surface area contributed by atoms with E-state index in [-0.39, 0.29) is 5.91 Å². The lowest BCUT2D eigenvalue weighted by Crippen LogP contribution is -2.19. The quantitative estimate of drug-likeness (QED) is 0.556. The maximum absolute atomic E-state index is 10.9. The van der Waals surface area contributed by atoms with Gasteiger partial charge in [-0.15, -0.1) is 0 Å². The smallest absolute Gasteiger partial charge is 0.222 e. The molecule has 0 unspecified atom stereocenters. The van der Waals surface area contributed by atoms with Crippen LogP contribution in [-0.2, 0) is 16.0 Å². The summed E-state index contributed by atoms with van der Waals surface area (Å²) in [5, 5.41) is 2.54. The molecule has 0 fully saturated rings. The van der Waals surface area contributed by atoms with Crippen LogP contribution < -0.4 is 11.1 Å². The van der Waals surface area contributed by atoms with Crippen molar-refractivity contribution in [3.63, 3.8) is 0 Å². The van der Waals surface area contributed by atoms with Crippen molar-refractivity contribution in [3.8, 4) is 0 Å². The van der Waals surface area contributed by atoms with Crippen LogP contribution in [0, 0.1) is 0 Å². The molecule has 4 heteroatoms. The van der Waals surface area contributed by atoms with E-state index in [9.17, 15) is 4.79 Å². The van der Waals surface area contributed by atoms with E-state index in [4.69, 9.17) is 10.5 Å². The van der Waals surface area contributed by atoms with Gasteiger partial charge < -0.3 is 15.8 Å². The van der Waals surface area contributed by atoms with Crippen molar-refractivity contribution < 1.29 is 9.53 Å². The average Bonchev–Trinajstić information content (AvgIpc) is 2.30. The van der Waals surface area contributed by atoms with Crippen LogP contribution in [0.15, 0.2) is 24.3 Å². The maximum Gasteiger partial charge on any atom is 0.222 e. The molecule has 0 saturated carbocycles. The van der Waals surface area contributed by atoms with Crippen LogP contribution in [0.25, 0.3) is 0 Å². The molecule has 88 valence electrons. The lowest BCUT2D eigenvalue weighted by Gasteiger charge is -2.06. The summed E-state index contributed by atoms with van der Waals surface area (Å²) in [6.45, 7) is 1.04. The van der Waals surface area contributed by atoms with Crippen molar-refractivity contribution in [1.29, 1.82) is 0 Å². The Morgan fingerprint density at radius 3 is 2.81 bits per heavy atom. The number of hydrogen-bond donors (Lipinski definition) is 2. The third kappa shape index (κ3) is 4.31. The molecule has 1 aromatic rings. The number of nitrogen functional groups attached to an aromatic ring is 1. The number of carbonyl (C=O) groups excluding carboxylic acids is 1. The molecule has 0 atom stereocenters. The number of rotatable bonds is 6. The summed E-state index contributed by atoms with van der Waals surface area (Å²) < 4.78 is 5.35. The number of ether oxygens (including phenoxy) is 1. The van der Waals surface area contributed by atoms with Crippen LogP contribution in [0.5, 0.6) is 0 Å². The standard InChI is InChI=1S/C12H18N2O2/c1-14-12(15)7-9-16-8-6-10-4-2-3-5-11(10)13/h2-5H,6-9,13H2,1H3,(H,14,15). The highest BCUT2D eigenvalue weighted by Crippen LogP contribution is 2.10. The summed E-state index contributed by atoms with van der Waals surface area (Å²) in [6.07, 6.45) is 1.18. The summed E-state index contributed by atoms with van der Waals surface area (Å²) in [7, 11) is 1.62. The van der Waals surface area contributed by atoms with E-state index in [1.165, 1.54) is 0 Å². The maximum atomic E-state index is 10.9. The summed E-state index contributed by atoms with van der Waals surface area (Å²) >= 11 is 0. The van der Waals surface area contributed by atoms with E-state index in [2.05, 4.69) is 5.32 Å². The SMILES string of the molecule is CNC(=O)CCOCCc1ccccc1N. The van der Waals surface area contributed by atoms with Gasteiger partial charge in [-0.3, -0.25) is 4.79 Å². The molecule has 16 heavy (non-hydrogen) atoms. The molecular weight excluding hydrogens is 204 g/mol. The molecule has 3 N–H and O–H groups in total. The highest BCUT2D eigenvalue weighted by atomic mass is 16.5. The Kier molecular flexibility index (Phi) is 5.36. The first-order valence-electron chi connectivity index (χ1n) is 5.35. The molecular formula is C12H18N2O2. The van der Waals surface area contributed by atoms with Crippen molar-refractivity contribution in [3.05, 3.63) is 29.8 Å². The van der Waals surface area contributed by atoms with Gasteiger partial charge in [0.25, 0.3) is 0 Å². The van der Waals surface area contributed by atoms with Gasteiger partial charge in [-0.1, -0.05) is 18.2 Å². The fourth-order valence-corrected chi connectivity index (χ4v) is 1.34. The van der Waals surface area contributed by atoms with Gasteiger partial charge in [0.05, 0.1) is 13.2 Å². The Labute approximate surface area is 95.8 Å². The molecule has 0 aliphatic rings. The number of benzene rings is 1. The average molecular weight is 222 g/mol. The normalized spacial score (nSPS) is 10.1. The minimum Gasteiger partial charge on any atom is -0.399 e. The number of amides is 1. The molecule has 0 heterocycles. The van der Waals surface area contributed by atoms with Crippen molar-refractivity contribution in [1.82, 2.24) is 5.32 Å². The topological polar surface area (TPSA) is 64.3 Å². The van der Waals surface area contributed by atoms with Gasteiger partial charge in [-0.2, -0.15) is 0 Å². The zero-order valence-electron chi connectivity index (χ0n) is 9.53. The van der Waals surface area contributed by atoms with E-state index in [0.717, 1.165) is 17.7 Å². The van der Waals surface area contributed by atoms with Gasteiger partial charge in [-0.25, -0.2) is 0 Å². The first-order chi connectivity index (χ1) is 7.74. The van der Waals surface area contributed by atoms with Crippen LogP contribution in [0.1, 0.15) is 12.0 Å².